The van der Waals surface area contributed by atoms with Crippen LogP contribution in [0.2, 0.25) is 0 Å². The van der Waals surface area contributed by atoms with E-state index < -0.39 is 6.04 Å². The van der Waals surface area contributed by atoms with Crippen LogP contribution in [0.15, 0.2) is 82.2 Å². The molecule has 0 spiro atoms. The molecule has 0 fully saturated rings. The lowest BCUT2D eigenvalue weighted by molar-refractivity contribution is 0.0702. The Morgan fingerprint density at radius 2 is 1.75 bits per heavy atom. The fraction of sp³-hybridized carbons (Fsp3) is 0.136. The fourth-order valence-electron chi connectivity index (χ4n) is 3.18. The summed E-state index contributed by atoms with van der Waals surface area (Å²) in [6.07, 6.45) is 1.46. The summed E-state index contributed by atoms with van der Waals surface area (Å²) in [6.45, 7) is 1.84. The van der Waals surface area contributed by atoms with E-state index in [4.69, 9.17) is 9.40 Å². The van der Waals surface area contributed by atoms with Gasteiger partial charge in [-0.25, -0.2) is 4.98 Å². The van der Waals surface area contributed by atoms with E-state index in [0.29, 0.717) is 22.4 Å². The number of benzene rings is 2. The van der Waals surface area contributed by atoms with Crippen molar-refractivity contribution in [2.75, 3.05) is 7.05 Å². The van der Waals surface area contributed by atoms with Gasteiger partial charge in [-0.2, -0.15) is 0 Å². The van der Waals surface area contributed by atoms with Gasteiger partial charge in [-0.1, -0.05) is 30.3 Å². The van der Waals surface area contributed by atoms with Crippen LogP contribution in [0, 0.1) is 0 Å². The first kappa shape index (κ1) is 17.7. The monoisotopic (exact) mass is 373 g/mol. The Morgan fingerprint density at radius 1 is 1.04 bits per heavy atom. The van der Waals surface area contributed by atoms with Crippen molar-refractivity contribution in [1.29, 1.82) is 0 Å². The second kappa shape index (κ2) is 7.15. The first-order valence-electron chi connectivity index (χ1n) is 8.95. The van der Waals surface area contributed by atoms with E-state index in [9.17, 15) is 9.59 Å². The van der Waals surface area contributed by atoms with E-state index in [-0.39, 0.29) is 17.2 Å². The molecule has 140 valence electrons. The van der Waals surface area contributed by atoms with Crippen LogP contribution >= 0.6 is 0 Å². The Hall–Kier alpha value is -3.67. The van der Waals surface area contributed by atoms with Crippen LogP contribution in [0.5, 0.6) is 0 Å². The number of hydrogen-bond donors (Lipinski definition) is 0. The first-order chi connectivity index (χ1) is 13.6. The fourth-order valence-corrected chi connectivity index (χ4v) is 3.18. The van der Waals surface area contributed by atoms with Gasteiger partial charge in [-0.3, -0.25) is 14.2 Å². The zero-order valence-corrected chi connectivity index (χ0v) is 15.6. The second-order valence-corrected chi connectivity index (χ2v) is 6.53. The van der Waals surface area contributed by atoms with E-state index >= 15 is 0 Å². The summed E-state index contributed by atoms with van der Waals surface area (Å²) in [5.41, 5.74) is 1.13. The molecule has 4 rings (SSSR count). The summed E-state index contributed by atoms with van der Waals surface area (Å²) in [7, 11) is 1.67. The lowest BCUT2D eigenvalue weighted by Crippen LogP contribution is -2.34. The molecule has 6 nitrogen and oxygen atoms in total. The van der Waals surface area contributed by atoms with Crippen LogP contribution in [-0.4, -0.2) is 27.4 Å². The van der Waals surface area contributed by atoms with Crippen LogP contribution in [0.25, 0.3) is 16.6 Å². The highest BCUT2D eigenvalue weighted by Crippen LogP contribution is 2.23. The van der Waals surface area contributed by atoms with Crippen LogP contribution in [0.3, 0.4) is 0 Å². The van der Waals surface area contributed by atoms with Gasteiger partial charge in [0.25, 0.3) is 11.5 Å². The van der Waals surface area contributed by atoms with Crippen LogP contribution in [0.1, 0.15) is 29.3 Å². The number of fused-ring (bicyclic) bond motifs is 1. The van der Waals surface area contributed by atoms with Gasteiger partial charge in [0.05, 0.1) is 28.9 Å². The Bertz CT molecular complexity index is 1180. The maximum Gasteiger partial charge on any atom is 0.289 e. The third-order valence-electron chi connectivity index (χ3n) is 4.82. The number of furan rings is 1. The lowest BCUT2D eigenvalue weighted by Gasteiger charge is -2.26. The zero-order chi connectivity index (χ0) is 19.7. The Kier molecular flexibility index (Phi) is 4.53. The van der Waals surface area contributed by atoms with E-state index in [0.717, 1.165) is 0 Å². The number of carbonyl (C=O) groups excluding carboxylic acids is 1. The smallest absolute Gasteiger partial charge is 0.289 e. The van der Waals surface area contributed by atoms with Gasteiger partial charge < -0.3 is 9.32 Å². The minimum Gasteiger partial charge on any atom is -0.459 e. The highest BCUT2D eigenvalue weighted by Gasteiger charge is 2.26. The molecule has 4 aromatic rings. The molecule has 0 aliphatic carbocycles. The molecule has 2 aromatic heterocycles. The maximum atomic E-state index is 13.3. The van der Waals surface area contributed by atoms with Gasteiger partial charge in [0.1, 0.15) is 5.82 Å². The van der Waals surface area contributed by atoms with Crippen molar-refractivity contribution in [3.63, 3.8) is 0 Å². The summed E-state index contributed by atoms with van der Waals surface area (Å²) < 4.78 is 6.80. The standard InChI is InChI=1S/C22H19N3O3/c1-15(24(2)22(27)19-13-8-14-28-19)20-23-18-12-7-6-11-17(18)21(26)25(20)16-9-4-3-5-10-16/h3-15H,1-2H3. The number of hydrogen-bond acceptors (Lipinski definition) is 4. The molecule has 0 saturated carbocycles. The summed E-state index contributed by atoms with van der Waals surface area (Å²) in [5, 5.41) is 0.530. The topological polar surface area (TPSA) is 68.3 Å². The molecule has 0 aliphatic heterocycles. The highest BCUT2D eigenvalue weighted by molar-refractivity contribution is 5.91. The summed E-state index contributed by atoms with van der Waals surface area (Å²) >= 11 is 0. The predicted molar refractivity (Wildman–Crippen MR) is 107 cm³/mol. The molecule has 1 unspecified atom stereocenters. The van der Waals surface area contributed by atoms with Crippen molar-refractivity contribution in [3.8, 4) is 5.69 Å². The average Bonchev–Trinajstić information content (AvgIpc) is 3.27. The van der Waals surface area contributed by atoms with Crippen LogP contribution in [0.4, 0.5) is 0 Å². The molecular weight excluding hydrogens is 354 g/mol. The number of carbonyl (C=O) groups is 1. The molecule has 1 atom stereocenters. The molecule has 6 heteroatoms. The SMILES string of the molecule is CC(c1nc2ccccc2c(=O)n1-c1ccccc1)N(C)C(=O)c1ccco1. The average molecular weight is 373 g/mol. The lowest BCUT2D eigenvalue weighted by atomic mass is 10.2. The quantitative estimate of drug-likeness (QED) is 0.545. The van der Waals surface area contributed by atoms with E-state index in [2.05, 4.69) is 0 Å². The molecule has 0 N–H and O–H groups in total. The van der Waals surface area contributed by atoms with Crippen LogP contribution in [-0.2, 0) is 0 Å². The van der Waals surface area contributed by atoms with Crippen molar-refractivity contribution in [1.82, 2.24) is 14.5 Å². The molecule has 0 saturated heterocycles. The number of aromatic nitrogens is 2. The Balaban J connectivity index is 1.90. The van der Waals surface area contributed by atoms with Gasteiger partial charge in [-0.05, 0) is 43.3 Å². The van der Waals surface area contributed by atoms with Gasteiger partial charge in [0, 0.05) is 7.05 Å². The summed E-state index contributed by atoms with van der Waals surface area (Å²) in [6, 6.07) is 19.4. The molecule has 0 radical (unpaired) electrons. The number of amides is 1. The highest BCUT2D eigenvalue weighted by atomic mass is 16.3. The molecule has 2 heterocycles. The van der Waals surface area contributed by atoms with Gasteiger partial charge in [0.15, 0.2) is 5.76 Å². The van der Waals surface area contributed by atoms with Crippen molar-refractivity contribution in [2.45, 2.75) is 13.0 Å². The van der Waals surface area contributed by atoms with Gasteiger partial charge in [-0.15, -0.1) is 0 Å². The Labute approximate surface area is 161 Å². The molecule has 0 bridgehead atoms. The van der Waals surface area contributed by atoms with Crippen molar-refractivity contribution in [3.05, 3.63) is 94.9 Å². The van der Waals surface area contributed by atoms with E-state index in [1.54, 1.807) is 35.9 Å². The normalized spacial score (nSPS) is 12.1. The predicted octanol–water partition coefficient (Wildman–Crippen LogP) is 3.81. The van der Waals surface area contributed by atoms with Gasteiger partial charge in [0.2, 0.25) is 0 Å². The minimum absolute atomic E-state index is 0.169. The summed E-state index contributed by atoms with van der Waals surface area (Å²) in [5.74, 6) is 0.445. The molecular formula is C22H19N3O3. The van der Waals surface area contributed by atoms with E-state index in [1.165, 1.54) is 11.2 Å². The van der Waals surface area contributed by atoms with Gasteiger partial charge >= 0.3 is 0 Å². The summed E-state index contributed by atoms with van der Waals surface area (Å²) in [4.78, 5) is 32.3. The maximum absolute atomic E-state index is 13.3. The molecule has 2 aromatic carbocycles. The molecule has 1 amide bonds. The third kappa shape index (κ3) is 2.99. The number of nitrogens with zero attached hydrogens (tertiary/aromatic N) is 3. The first-order valence-corrected chi connectivity index (χ1v) is 8.95. The Morgan fingerprint density at radius 3 is 2.46 bits per heavy atom. The minimum atomic E-state index is -0.463. The zero-order valence-electron chi connectivity index (χ0n) is 15.6. The largest absolute Gasteiger partial charge is 0.459 e. The number of rotatable bonds is 4. The molecule has 0 aliphatic rings. The van der Waals surface area contributed by atoms with Crippen LogP contribution < -0.4 is 5.56 Å². The number of para-hydroxylation sites is 2. The second-order valence-electron chi connectivity index (χ2n) is 6.53. The molecule has 28 heavy (non-hydrogen) atoms. The van der Waals surface area contributed by atoms with Crippen molar-refractivity contribution >= 4 is 16.8 Å². The van der Waals surface area contributed by atoms with Crippen molar-refractivity contribution < 1.29 is 9.21 Å². The van der Waals surface area contributed by atoms with Crippen molar-refractivity contribution in [2.24, 2.45) is 0 Å². The van der Waals surface area contributed by atoms with E-state index in [1.807, 2.05) is 49.4 Å². The third-order valence-corrected chi connectivity index (χ3v) is 4.82.